The van der Waals surface area contributed by atoms with Crippen LogP contribution in [0.1, 0.15) is 33.1 Å². The summed E-state index contributed by atoms with van der Waals surface area (Å²) in [6, 6.07) is 0. The molecular weight excluding hydrogens is 348 g/mol. The summed E-state index contributed by atoms with van der Waals surface area (Å²) < 4.78 is 53.1. The van der Waals surface area contributed by atoms with Crippen molar-refractivity contribution in [1.82, 2.24) is 4.90 Å². The van der Waals surface area contributed by atoms with Crippen molar-refractivity contribution in [1.29, 1.82) is 0 Å². The Hall–Kier alpha value is -1.18. The summed E-state index contributed by atoms with van der Waals surface area (Å²) in [5.74, 6) is -0.0993. The highest BCUT2D eigenvalue weighted by molar-refractivity contribution is 5.30. The molecule has 3 nitrogen and oxygen atoms in total. The molecule has 1 rings (SSSR count). The fourth-order valence-electron chi connectivity index (χ4n) is 3.16. The molecule has 150 valence electrons. The van der Waals surface area contributed by atoms with Gasteiger partial charge in [-0.05, 0) is 37.3 Å². The smallest absolute Gasteiger partial charge is 0.392 e. The third kappa shape index (κ3) is 6.52. The van der Waals surface area contributed by atoms with E-state index in [0.29, 0.717) is 38.0 Å². The van der Waals surface area contributed by atoms with Gasteiger partial charge < -0.3 is 10.8 Å². The normalized spacial score (nSPS) is 25.0. The van der Waals surface area contributed by atoms with Gasteiger partial charge in [-0.3, -0.25) is 4.90 Å². The second-order valence-electron chi connectivity index (χ2n) is 7.00. The number of aliphatic hydroxyl groups is 1. The number of nitrogens with two attached hydrogens (primary N) is 1. The van der Waals surface area contributed by atoms with Crippen LogP contribution in [0.5, 0.6) is 0 Å². The summed E-state index contributed by atoms with van der Waals surface area (Å²) in [5.41, 5.74) is 3.33. The highest BCUT2D eigenvalue weighted by Gasteiger charge is 2.42. The van der Waals surface area contributed by atoms with E-state index in [0.717, 1.165) is 6.08 Å². The molecule has 0 spiro atoms. The van der Waals surface area contributed by atoms with Gasteiger partial charge in [0.25, 0.3) is 0 Å². The first-order valence-corrected chi connectivity index (χ1v) is 8.97. The number of likely N-dealkylation sites (tertiary alicyclic amines) is 1. The van der Waals surface area contributed by atoms with Crippen LogP contribution in [0.15, 0.2) is 36.0 Å². The molecule has 0 radical (unpaired) electrons. The summed E-state index contributed by atoms with van der Waals surface area (Å²) in [5, 5.41) is 9.87. The molecule has 7 heteroatoms. The van der Waals surface area contributed by atoms with Crippen molar-refractivity contribution in [2.24, 2.45) is 11.7 Å². The topological polar surface area (TPSA) is 49.5 Å². The summed E-state index contributed by atoms with van der Waals surface area (Å²) >= 11 is 0. The zero-order chi connectivity index (χ0) is 20.0. The minimum Gasteiger partial charge on any atom is -0.392 e. The van der Waals surface area contributed by atoms with Gasteiger partial charge >= 0.3 is 6.18 Å². The molecule has 1 saturated heterocycles. The lowest BCUT2D eigenvalue weighted by Crippen LogP contribution is -2.37. The number of rotatable bonds is 9. The monoisotopic (exact) mass is 378 g/mol. The van der Waals surface area contributed by atoms with Crippen LogP contribution >= 0.6 is 0 Å². The van der Waals surface area contributed by atoms with E-state index in [2.05, 4.69) is 6.58 Å². The van der Waals surface area contributed by atoms with E-state index in [1.54, 1.807) is 0 Å². The van der Waals surface area contributed by atoms with E-state index >= 15 is 4.39 Å². The maximum Gasteiger partial charge on any atom is 0.415 e. The van der Waals surface area contributed by atoms with Crippen LogP contribution in [0.3, 0.4) is 0 Å². The largest absolute Gasteiger partial charge is 0.415 e. The molecule has 1 aliphatic rings. The molecule has 1 heterocycles. The van der Waals surface area contributed by atoms with E-state index < -0.39 is 23.5 Å². The van der Waals surface area contributed by atoms with Gasteiger partial charge in [0.1, 0.15) is 5.67 Å². The van der Waals surface area contributed by atoms with Gasteiger partial charge in [-0.15, -0.1) is 0 Å². The molecule has 1 aliphatic heterocycles. The Balaban J connectivity index is 2.90. The molecule has 0 aromatic heterocycles. The van der Waals surface area contributed by atoms with E-state index in [4.69, 9.17) is 5.73 Å². The first-order chi connectivity index (χ1) is 12.0. The van der Waals surface area contributed by atoms with Crippen LogP contribution < -0.4 is 5.73 Å². The predicted octanol–water partition coefficient (Wildman–Crippen LogP) is 3.76. The lowest BCUT2D eigenvalue weighted by atomic mass is 9.84. The van der Waals surface area contributed by atoms with Crippen molar-refractivity contribution in [3.63, 3.8) is 0 Å². The Kier molecular flexibility index (Phi) is 8.50. The van der Waals surface area contributed by atoms with Crippen molar-refractivity contribution in [3.8, 4) is 0 Å². The Morgan fingerprint density at radius 1 is 1.42 bits per heavy atom. The number of allylic oxidation sites excluding steroid dienone is 4. The lowest BCUT2D eigenvalue weighted by molar-refractivity contribution is -0.0878. The van der Waals surface area contributed by atoms with Gasteiger partial charge in [-0.2, -0.15) is 13.2 Å². The van der Waals surface area contributed by atoms with Gasteiger partial charge in [-0.25, -0.2) is 4.39 Å². The number of halogens is 4. The molecule has 0 aliphatic carbocycles. The third-order valence-corrected chi connectivity index (χ3v) is 4.87. The van der Waals surface area contributed by atoms with Gasteiger partial charge in [-0.1, -0.05) is 38.7 Å². The van der Waals surface area contributed by atoms with Gasteiger partial charge in [0.15, 0.2) is 0 Å². The first kappa shape index (κ1) is 22.9. The molecule has 3 N–H and O–H groups in total. The van der Waals surface area contributed by atoms with Crippen LogP contribution in [0.2, 0.25) is 0 Å². The molecule has 0 bridgehead atoms. The summed E-state index contributed by atoms with van der Waals surface area (Å²) in [7, 11) is 0. The average molecular weight is 378 g/mol. The molecule has 26 heavy (non-hydrogen) atoms. The molecular formula is C19H30F4N2O. The van der Waals surface area contributed by atoms with Crippen molar-refractivity contribution >= 4 is 0 Å². The number of aliphatic hydroxyl groups excluding tert-OH is 1. The van der Waals surface area contributed by atoms with Crippen molar-refractivity contribution in [2.75, 3.05) is 26.2 Å². The van der Waals surface area contributed by atoms with Gasteiger partial charge in [0.05, 0.1) is 6.10 Å². The van der Waals surface area contributed by atoms with Crippen molar-refractivity contribution in [3.05, 3.63) is 36.0 Å². The molecule has 0 saturated carbocycles. The zero-order valence-electron chi connectivity index (χ0n) is 15.5. The van der Waals surface area contributed by atoms with Crippen molar-refractivity contribution < 1.29 is 22.7 Å². The third-order valence-electron chi connectivity index (χ3n) is 4.87. The van der Waals surface area contributed by atoms with E-state index in [1.807, 2.05) is 18.7 Å². The van der Waals surface area contributed by atoms with E-state index in [9.17, 15) is 18.3 Å². The molecule has 0 amide bonds. The Morgan fingerprint density at radius 3 is 2.62 bits per heavy atom. The second-order valence-corrected chi connectivity index (χ2v) is 7.00. The molecule has 0 aromatic carbocycles. The Bertz CT molecular complexity index is 530. The Morgan fingerprint density at radius 2 is 2.08 bits per heavy atom. The predicted molar refractivity (Wildman–Crippen MR) is 96.4 cm³/mol. The van der Waals surface area contributed by atoms with Crippen LogP contribution in [-0.4, -0.2) is 54.1 Å². The minimum atomic E-state index is -4.49. The van der Waals surface area contributed by atoms with Crippen LogP contribution in [0.4, 0.5) is 17.6 Å². The fourth-order valence-corrected chi connectivity index (χ4v) is 3.16. The summed E-state index contributed by atoms with van der Waals surface area (Å²) in [6.45, 7) is 8.09. The number of hydrogen-bond donors (Lipinski definition) is 2. The minimum absolute atomic E-state index is 0.0993. The van der Waals surface area contributed by atoms with Crippen molar-refractivity contribution in [2.45, 2.75) is 51.1 Å². The molecule has 0 aromatic rings. The molecule has 3 atom stereocenters. The average Bonchev–Trinajstić information content (AvgIpc) is 2.91. The lowest BCUT2D eigenvalue weighted by Gasteiger charge is -2.28. The maximum absolute atomic E-state index is 15.6. The first-order valence-electron chi connectivity index (χ1n) is 8.97. The Labute approximate surface area is 153 Å². The highest BCUT2D eigenvalue weighted by atomic mass is 19.4. The van der Waals surface area contributed by atoms with Gasteiger partial charge in [0.2, 0.25) is 0 Å². The zero-order valence-corrected chi connectivity index (χ0v) is 15.5. The maximum atomic E-state index is 15.6. The number of β-amino-alcohol motifs (C(OH)–C–C–N with tert-alkyl or cyclic N) is 1. The van der Waals surface area contributed by atoms with Crippen LogP contribution in [0.25, 0.3) is 0 Å². The summed E-state index contributed by atoms with van der Waals surface area (Å²) in [6.07, 6.45) is -0.162. The second kappa shape index (κ2) is 9.67. The van der Waals surface area contributed by atoms with E-state index in [1.165, 1.54) is 12.2 Å². The standard InChI is InChI=1S/C19H30F4N2O/c1-4-14(2)17(7-5-6-15(3)19(21,22)23)18(20)9-11-25(13-18)12-16(26)8-10-24/h5-7,14,16,26H,3-4,8-13,24H2,1-2H3/b6-5-,17-7+. The fraction of sp³-hybridized carbons (Fsp3) is 0.684. The van der Waals surface area contributed by atoms with Gasteiger partial charge in [0, 0.05) is 25.2 Å². The number of alkyl halides is 4. The van der Waals surface area contributed by atoms with E-state index in [-0.39, 0.29) is 18.9 Å². The number of hydrogen-bond acceptors (Lipinski definition) is 3. The number of nitrogens with zero attached hydrogens (tertiary/aromatic N) is 1. The van der Waals surface area contributed by atoms with Crippen LogP contribution in [0, 0.1) is 5.92 Å². The van der Waals surface area contributed by atoms with Crippen LogP contribution in [-0.2, 0) is 0 Å². The molecule has 1 fully saturated rings. The quantitative estimate of drug-likeness (QED) is 0.474. The highest BCUT2D eigenvalue weighted by Crippen LogP contribution is 2.38. The SMILES string of the molecule is C=C(/C=C\C=C(/C(C)CC)C1(F)CCN(CC(O)CCN)C1)C(F)(F)F. The molecule has 3 unspecified atom stereocenters. The summed E-state index contributed by atoms with van der Waals surface area (Å²) in [4.78, 5) is 1.84.